The minimum absolute atomic E-state index is 0.505. The summed E-state index contributed by atoms with van der Waals surface area (Å²) >= 11 is 9.10. The molecule has 0 radical (unpaired) electrons. The molecular weight excluding hydrogens is 395 g/mol. The summed E-state index contributed by atoms with van der Waals surface area (Å²) < 4.78 is 0.795. The zero-order valence-electron chi connectivity index (χ0n) is 13.5. The van der Waals surface area contributed by atoms with Gasteiger partial charge in [0.05, 0.1) is 0 Å². The van der Waals surface area contributed by atoms with Crippen molar-refractivity contribution in [3.8, 4) is 0 Å². The predicted octanol–water partition coefficient (Wildman–Crippen LogP) is 2.76. The number of pyridine rings is 1. The molecule has 135 valence electrons. The van der Waals surface area contributed by atoms with E-state index in [0.29, 0.717) is 16.6 Å². The number of nitrogens with zero attached hydrogens (tertiary/aromatic N) is 4. The number of hydrogen-bond donors (Lipinski definition) is 0. The number of rotatable bonds is 2. The molecule has 3 heterocycles. The number of fused-ring (bicyclic) bond motifs is 4. The summed E-state index contributed by atoms with van der Waals surface area (Å²) in [4.78, 5) is 2.19. The van der Waals surface area contributed by atoms with E-state index >= 15 is 0 Å². The molecule has 2 aliphatic heterocycles. The van der Waals surface area contributed by atoms with Gasteiger partial charge in [0.25, 0.3) is 0 Å². The van der Waals surface area contributed by atoms with E-state index in [1.54, 1.807) is 19.1 Å². The molecule has 3 fully saturated rings. The fraction of sp³-hybridized carbons (Fsp3) is 0.562. The minimum atomic E-state index is 0.505. The Morgan fingerprint density at radius 1 is 1.21 bits per heavy atom. The first-order valence-electron chi connectivity index (χ1n) is 7.97. The van der Waals surface area contributed by atoms with Gasteiger partial charge in [-0.15, -0.1) is 5.10 Å². The number of hydrogen-bond acceptors (Lipinski definition) is 4. The summed E-state index contributed by atoms with van der Waals surface area (Å²) in [7, 11) is 4.20. The van der Waals surface area contributed by atoms with E-state index in [0.717, 1.165) is 29.7 Å². The normalized spacial score (nSPS) is 24.2. The van der Waals surface area contributed by atoms with Crippen molar-refractivity contribution in [3.63, 3.8) is 0 Å². The van der Waals surface area contributed by atoms with Crippen molar-refractivity contribution in [2.45, 2.75) is 32.6 Å². The van der Waals surface area contributed by atoms with Gasteiger partial charge in [-0.3, -0.25) is 0 Å². The molecule has 1 aromatic rings. The molecule has 24 heavy (non-hydrogen) atoms. The molecule has 5 nitrogen and oxygen atoms in total. The quantitative estimate of drug-likeness (QED) is 0.142. The summed E-state index contributed by atoms with van der Waals surface area (Å²) in [6.45, 7) is 3.78. The Bertz CT molecular complexity index is 591. The molecule has 0 atom stereocenters. The first kappa shape index (κ1) is 19.4. The van der Waals surface area contributed by atoms with E-state index in [1.165, 1.54) is 31.9 Å². The Labute approximate surface area is 161 Å². The Morgan fingerprint density at radius 2 is 1.79 bits per heavy atom. The van der Waals surface area contributed by atoms with Crippen LogP contribution in [0.25, 0.3) is 0 Å². The first-order chi connectivity index (χ1) is 11.6. The zero-order chi connectivity index (χ0) is 17.5. The Morgan fingerprint density at radius 3 is 2.33 bits per heavy atom. The molecule has 0 N–H and O–H groups in total. The fourth-order valence-corrected chi connectivity index (χ4v) is 3.58. The van der Waals surface area contributed by atoms with Crippen molar-refractivity contribution in [1.82, 2.24) is 4.90 Å². The molecule has 3 aliphatic rings. The molecule has 1 saturated carbocycles. The second-order valence-electron chi connectivity index (χ2n) is 6.27. The van der Waals surface area contributed by atoms with Crippen molar-refractivity contribution in [3.05, 3.63) is 35.3 Å². The third kappa shape index (κ3) is 5.06. The van der Waals surface area contributed by atoms with Crippen LogP contribution in [0.15, 0.2) is 34.6 Å². The van der Waals surface area contributed by atoms with E-state index < -0.39 is 0 Å². The number of aromatic nitrogens is 1. The second-order valence-corrected chi connectivity index (χ2v) is 6.64. The molecular formula is C16H21ClCuN4OS. The Balaban J connectivity index is 0.00000100. The van der Waals surface area contributed by atoms with Crippen LogP contribution in [-0.2, 0) is 27.7 Å². The van der Waals surface area contributed by atoms with E-state index in [9.17, 15) is 5.21 Å². The number of halogens is 1. The van der Waals surface area contributed by atoms with Gasteiger partial charge in [0.2, 0.25) is 5.69 Å². The van der Waals surface area contributed by atoms with Crippen LogP contribution in [0.4, 0.5) is 0 Å². The molecule has 4 rings (SSSR count). The van der Waals surface area contributed by atoms with Gasteiger partial charge in [0.1, 0.15) is 5.71 Å². The van der Waals surface area contributed by atoms with Crippen molar-refractivity contribution in [2.75, 3.05) is 13.1 Å². The molecule has 8 heteroatoms. The second kappa shape index (κ2) is 9.56. The Kier molecular flexibility index (Phi) is 7.75. The average Bonchev–Trinajstić information content (AvgIpc) is 2.95. The summed E-state index contributed by atoms with van der Waals surface area (Å²) in [6, 6.07) is 5.24. The summed E-state index contributed by atoms with van der Waals surface area (Å²) in [5, 5.41) is 20.6. The van der Waals surface area contributed by atoms with Crippen molar-refractivity contribution in [1.29, 1.82) is 0 Å². The average molecular weight is 416 g/mol. The van der Waals surface area contributed by atoms with Gasteiger partial charge >= 0.3 is 25.2 Å². The van der Waals surface area contributed by atoms with Crippen LogP contribution < -0.4 is 4.73 Å². The monoisotopic (exact) mass is 415 g/mol. The van der Waals surface area contributed by atoms with Crippen molar-refractivity contribution >= 4 is 33.6 Å². The van der Waals surface area contributed by atoms with Gasteiger partial charge < -0.3 is 22.7 Å². The van der Waals surface area contributed by atoms with Gasteiger partial charge in [-0.05, 0) is 50.5 Å². The standard InChI is InChI=1S/C16H22N4OS.ClH.Cu/c1-12(15-4-2-3-9-20(15)21)17-18-16(22)19-10-13-5-6-14(11-19)8-7-13;;/h2-4,9,13-14H,5-8,10-11H2,1H3,(H,18,22);1H;/q;;+2/p-2/b17-12+;;. The maximum atomic E-state index is 11.7. The van der Waals surface area contributed by atoms with E-state index in [-0.39, 0.29) is 0 Å². The van der Waals surface area contributed by atoms with Crippen molar-refractivity contribution in [2.24, 2.45) is 22.0 Å². The summed E-state index contributed by atoms with van der Waals surface area (Å²) in [5.41, 5.74) is 1.08. The SMILES string of the molecule is C/C(=N\N=C(/[S-])N1CC2CCC(CC2)C1)c1cccc[n+]1[O-].[Cl][Cu+]. The first-order valence-corrected chi connectivity index (χ1v) is 9.68. The van der Waals surface area contributed by atoms with Crippen LogP contribution in [0.3, 0.4) is 0 Å². The fourth-order valence-electron chi connectivity index (χ4n) is 3.39. The molecule has 0 unspecified atom stereocenters. The Hall–Kier alpha value is -0.881. The van der Waals surface area contributed by atoms with Crippen LogP contribution >= 0.6 is 10.1 Å². The molecule has 0 amide bonds. The van der Waals surface area contributed by atoms with Crippen LogP contribution in [-0.4, -0.2) is 28.9 Å². The van der Waals surface area contributed by atoms with Gasteiger partial charge in [0, 0.05) is 30.4 Å². The van der Waals surface area contributed by atoms with Crippen LogP contribution in [0, 0.1) is 17.0 Å². The molecule has 2 bridgehead atoms. The van der Waals surface area contributed by atoms with Gasteiger partial charge in [-0.2, -0.15) is 9.83 Å². The van der Waals surface area contributed by atoms with Crippen molar-refractivity contribution < 1.29 is 19.8 Å². The zero-order valence-corrected chi connectivity index (χ0v) is 16.0. The molecule has 0 spiro atoms. The predicted molar refractivity (Wildman–Crippen MR) is 95.3 cm³/mol. The summed E-state index contributed by atoms with van der Waals surface area (Å²) in [5.74, 6) is 1.49. The van der Waals surface area contributed by atoms with Crippen LogP contribution in [0.5, 0.6) is 0 Å². The summed E-state index contributed by atoms with van der Waals surface area (Å²) in [6.07, 6.45) is 6.70. The molecule has 1 aromatic heterocycles. The van der Waals surface area contributed by atoms with E-state index in [1.807, 2.05) is 6.07 Å². The third-order valence-corrected chi connectivity index (χ3v) is 5.01. The third-order valence-electron chi connectivity index (χ3n) is 4.67. The van der Waals surface area contributed by atoms with Gasteiger partial charge in [-0.25, -0.2) is 0 Å². The van der Waals surface area contributed by atoms with E-state index in [2.05, 4.69) is 40.3 Å². The molecule has 0 aromatic carbocycles. The van der Waals surface area contributed by atoms with Gasteiger partial charge in [-0.1, -0.05) is 0 Å². The number of amidine groups is 1. The molecule has 1 aliphatic carbocycles. The van der Waals surface area contributed by atoms with E-state index in [4.69, 9.17) is 12.6 Å². The van der Waals surface area contributed by atoms with Crippen LogP contribution in [0.2, 0.25) is 0 Å². The molecule has 2 saturated heterocycles. The van der Waals surface area contributed by atoms with Crippen LogP contribution in [0.1, 0.15) is 38.3 Å². The van der Waals surface area contributed by atoms with Gasteiger partial charge in [0.15, 0.2) is 6.20 Å². The maximum absolute atomic E-state index is 11.7. The topological polar surface area (TPSA) is 54.9 Å².